The van der Waals surface area contributed by atoms with Crippen molar-refractivity contribution in [3.05, 3.63) is 29.8 Å². The second-order valence-corrected chi connectivity index (χ2v) is 5.40. The summed E-state index contributed by atoms with van der Waals surface area (Å²) >= 11 is 0. The lowest BCUT2D eigenvalue weighted by molar-refractivity contribution is 0.0601. The number of esters is 1. The van der Waals surface area contributed by atoms with Crippen LogP contribution in [0.25, 0.3) is 0 Å². The van der Waals surface area contributed by atoms with Crippen molar-refractivity contribution in [3.63, 3.8) is 0 Å². The molecule has 0 saturated carbocycles. The molecular formula is C11H16N2O4S. The van der Waals surface area contributed by atoms with Gasteiger partial charge in [-0.15, -0.1) is 0 Å². The molecule has 1 aromatic carbocycles. The van der Waals surface area contributed by atoms with Crippen LogP contribution in [0.15, 0.2) is 24.3 Å². The van der Waals surface area contributed by atoms with Crippen molar-refractivity contribution >= 4 is 21.9 Å². The number of methoxy groups -OCH3 is 1. The zero-order valence-electron chi connectivity index (χ0n) is 10.4. The first-order valence-corrected chi connectivity index (χ1v) is 6.81. The molecule has 0 radical (unpaired) electrons. The maximum atomic E-state index is 11.6. The first-order chi connectivity index (χ1) is 8.34. The highest BCUT2D eigenvalue weighted by Gasteiger charge is 2.12. The first kappa shape index (κ1) is 14.5. The van der Waals surface area contributed by atoms with Gasteiger partial charge in [0, 0.05) is 6.04 Å². The number of benzene rings is 1. The maximum absolute atomic E-state index is 11.6. The second-order valence-electron chi connectivity index (χ2n) is 3.95. The average molecular weight is 272 g/mol. The summed E-state index contributed by atoms with van der Waals surface area (Å²) in [6, 6.07) is 5.85. The molecule has 0 saturated heterocycles. The smallest absolute Gasteiger partial charge is 0.337 e. The molecule has 7 heteroatoms. The van der Waals surface area contributed by atoms with E-state index in [0.29, 0.717) is 5.69 Å². The van der Waals surface area contributed by atoms with Crippen LogP contribution in [0, 0.1) is 0 Å². The highest BCUT2D eigenvalue weighted by molar-refractivity contribution is 7.90. The van der Waals surface area contributed by atoms with Crippen molar-refractivity contribution in [3.8, 4) is 0 Å². The van der Waals surface area contributed by atoms with E-state index in [1.165, 1.54) is 13.2 Å². The molecule has 0 fully saturated rings. The summed E-state index contributed by atoms with van der Waals surface area (Å²) in [6.07, 6.45) is 0. The number of carbonyl (C=O) groups excluding carboxylic acids is 1. The Morgan fingerprint density at radius 2 is 2.00 bits per heavy atom. The number of ether oxygens (including phenoxy) is 1. The summed E-state index contributed by atoms with van der Waals surface area (Å²) in [5, 5.41) is 0. The lowest BCUT2D eigenvalue weighted by Gasteiger charge is -2.12. The monoisotopic (exact) mass is 272 g/mol. The summed E-state index contributed by atoms with van der Waals surface area (Å²) in [5.41, 5.74) is 0.577. The molecule has 0 aliphatic heterocycles. The van der Waals surface area contributed by atoms with Crippen molar-refractivity contribution in [2.24, 2.45) is 0 Å². The van der Waals surface area contributed by atoms with Crippen LogP contribution < -0.4 is 9.44 Å². The lowest BCUT2D eigenvalue weighted by atomic mass is 10.2. The Labute approximate surface area is 107 Å². The van der Waals surface area contributed by atoms with E-state index < -0.39 is 16.2 Å². The Bertz CT molecular complexity index is 526. The first-order valence-electron chi connectivity index (χ1n) is 5.32. The van der Waals surface area contributed by atoms with Crippen molar-refractivity contribution in [1.29, 1.82) is 0 Å². The van der Waals surface area contributed by atoms with E-state index in [2.05, 4.69) is 14.2 Å². The van der Waals surface area contributed by atoms with Crippen molar-refractivity contribution in [2.45, 2.75) is 19.9 Å². The van der Waals surface area contributed by atoms with Crippen LogP contribution >= 0.6 is 0 Å². The quantitative estimate of drug-likeness (QED) is 0.787. The highest BCUT2D eigenvalue weighted by Crippen LogP contribution is 2.12. The Kier molecular flexibility index (Phi) is 4.69. The minimum Gasteiger partial charge on any atom is -0.465 e. The third kappa shape index (κ3) is 4.34. The molecule has 0 atom stereocenters. The fourth-order valence-corrected chi connectivity index (χ4v) is 2.44. The standard InChI is InChI=1S/C11H16N2O4S/c1-8(2)12-18(15,16)13-10-6-4-5-9(7-10)11(14)17-3/h4-8,12-13H,1-3H3. The SMILES string of the molecule is COC(=O)c1cccc(NS(=O)(=O)NC(C)C)c1. The normalized spacial score (nSPS) is 11.3. The van der Waals surface area contributed by atoms with E-state index >= 15 is 0 Å². The van der Waals surface area contributed by atoms with Crippen LogP contribution in [0.3, 0.4) is 0 Å². The Balaban J connectivity index is 2.89. The molecule has 1 rings (SSSR count). The molecule has 2 N–H and O–H groups in total. The fourth-order valence-electron chi connectivity index (χ4n) is 1.32. The zero-order valence-corrected chi connectivity index (χ0v) is 11.2. The Morgan fingerprint density at radius 3 is 2.56 bits per heavy atom. The van der Waals surface area contributed by atoms with Gasteiger partial charge >= 0.3 is 5.97 Å². The van der Waals surface area contributed by atoms with Gasteiger partial charge in [0.25, 0.3) is 10.2 Å². The van der Waals surface area contributed by atoms with E-state index in [1.54, 1.807) is 32.0 Å². The van der Waals surface area contributed by atoms with Crippen molar-refractivity contribution in [2.75, 3.05) is 11.8 Å². The van der Waals surface area contributed by atoms with Crippen LogP contribution in [0.5, 0.6) is 0 Å². The summed E-state index contributed by atoms with van der Waals surface area (Å²) < 4.78 is 32.5. The van der Waals surface area contributed by atoms with Crippen molar-refractivity contribution in [1.82, 2.24) is 4.72 Å². The zero-order chi connectivity index (χ0) is 13.8. The van der Waals surface area contributed by atoms with E-state index in [0.717, 1.165) is 0 Å². The number of anilines is 1. The van der Waals surface area contributed by atoms with Gasteiger partial charge in [0.1, 0.15) is 0 Å². The van der Waals surface area contributed by atoms with Gasteiger partial charge in [0.2, 0.25) is 0 Å². The summed E-state index contributed by atoms with van der Waals surface area (Å²) in [7, 11) is -2.37. The molecule has 0 unspecified atom stereocenters. The summed E-state index contributed by atoms with van der Waals surface area (Å²) in [5.74, 6) is -0.520. The van der Waals surface area contributed by atoms with Crippen LogP contribution in [0.4, 0.5) is 5.69 Å². The number of carbonyl (C=O) groups is 1. The third-order valence-electron chi connectivity index (χ3n) is 1.93. The molecule has 0 heterocycles. The van der Waals surface area contributed by atoms with Gasteiger partial charge in [-0.3, -0.25) is 4.72 Å². The number of hydrogen-bond acceptors (Lipinski definition) is 4. The van der Waals surface area contributed by atoms with Gasteiger partial charge in [0.05, 0.1) is 18.4 Å². The minimum absolute atomic E-state index is 0.216. The molecule has 0 amide bonds. The molecule has 100 valence electrons. The van der Waals surface area contributed by atoms with Crippen LogP contribution in [0.1, 0.15) is 24.2 Å². The van der Waals surface area contributed by atoms with Crippen molar-refractivity contribution < 1.29 is 17.9 Å². The van der Waals surface area contributed by atoms with Crippen LogP contribution in [-0.2, 0) is 14.9 Å². The molecular weight excluding hydrogens is 256 g/mol. The topological polar surface area (TPSA) is 84.5 Å². The predicted octanol–water partition coefficient (Wildman–Crippen LogP) is 1.13. The highest BCUT2D eigenvalue weighted by atomic mass is 32.2. The van der Waals surface area contributed by atoms with Gasteiger partial charge in [-0.25, -0.2) is 4.79 Å². The molecule has 0 aliphatic rings. The van der Waals surface area contributed by atoms with Gasteiger partial charge in [0.15, 0.2) is 0 Å². The molecule has 0 spiro atoms. The summed E-state index contributed by atoms with van der Waals surface area (Å²) in [6.45, 7) is 3.42. The van der Waals surface area contributed by atoms with E-state index in [9.17, 15) is 13.2 Å². The molecule has 6 nitrogen and oxygen atoms in total. The molecule has 0 aromatic heterocycles. The van der Waals surface area contributed by atoms with Gasteiger partial charge in [-0.1, -0.05) is 6.07 Å². The summed E-state index contributed by atoms with van der Waals surface area (Å²) in [4.78, 5) is 11.3. The Hall–Kier alpha value is -1.60. The number of hydrogen-bond donors (Lipinski definition) is 2. The second kappa shape index (κ2) is 5.83. The molecule has 1 aromatic rings. The van der Waals surface area contributed by atoms with Gasteiger partial charge in [-0.2, -0.15) is 13.1 Å². The Morgan fingerprint density at radius 1 is 1.33 bits per heavy atom. The largest absolute Gasteiger partial charge is 0.465 e. The number of rotatable bonds is 5. The number of nitrogens with one attached hydrogen (secondary N) is 2. The van der Waals surface area contributed by atoms with Crippen LogP contribution in [-0.4, -0.2) is 27.5 Å². The average Bonchev–Trinajstić information content (AvgIpc) is 2.25. The minimum atomic E-state index is -3.64. The van der Waals surface area contributed by atoms with E-state index in [1.807, 2.05) is 0 Å². The van der Waals surface area contributed by atoms with E-state index in [4.69, 9.17) is 0 Å². The fraction of sp³-hybridized carbons (Fsp3) is 0.364. The lowest BCUT2D eigenvalue weighted by Crippen LogP contribution is -2.35. The molecule has 18 heavy (non-hydrogen) atoms. The van der Waals surface area contributed by atoms with Crippen LogP contribution in [0.2, 0.25) is 0 Å². The molecule has 0 bridgehead atoms. The predicted molar refractivity (Wildman–Crippen MR) is 68.6 cm³/mol. The third-order valence-corrected chi connectivity index (χ3v) is 3.21. The van der Waals surface area contributed by atoms with E-state index in [-0.39, 0.29) is 11.6 Å². The van der Waals surface area contributed by atoms with Gasteiger partial charge in [-0.05, 0) is 32.0 Å². The maximum Gasteiger partial charge on any atom is 0.337 e. The molecule has 0 aliphatic carbocycles. The van der Waals surface area contributed by atoms with Gasteiger partial charge < -0.3 is 4.74 Å².